The minimum absolute atomic E-state index is 0.124. The normalized spacial score (nSPS) is 13.7. The predicted molar refractivity (Wildman–Crippen MR) is 120 cm³/mol. The van der Waals surface area contributed by atoms with Gasteiger partial charge < -0.3 is 0 Å². The molecule has 0 saturated carbocycles. The number of thiophene rings is 1. The molecule has 5 nitrogen and oxygen atoms in total. The fourth-order valence-corrected chi connectivity index (χ4v) is 5.86. The largest absolute Gasteiger partial charge is 0.352 e. The minimum Gasteiger partial charge on any atom is -0.278 e. The lowest BCUT2D eigenvalue weighted by Crippen LogP contribution is -2.27. The van der Waals surface area contributed by atoms with Crippen molar-refractivity contribution in [2.24, 2.45) is 0 Å². The van der Waals surface area contributed by atoms with Crippen LogP contribution in [0.15, 0.2) is 65.7 Å². The maximum atomic E-state index is 13.2. The van der Waals surface area contributed by atoms with Crippen LogP contribution in [-0.4, -0.2) is 19.2 Å². The fourth-order valence-electron chi connectivity index (χ4n) is 4.48. The van der Waals surface area contributed by atoms with Crippen molar-refractivity contribution in [2.45, 2.75) is 32.2 Å². The average Bonchev–Trinajstić information content (AvgIpc) is 3.42. The zero-order valence-corrected chi connectivity index (χ0v) is 17.2. The Labute approximate surface area is 177 Å². The van der Waals surface area contributed by atoms with Crippen LogP contribution in [0.5, 0.6) is 0 Å². The number of benzene rings is 2. The molecule has 6 rings (SSSR count). The Balaban J connectivity index is 1.48. The van der Waals surface area contributed by atoms with Gasteiger partial charge in [0.05, 0.1) is 11.9 Å². The van der Waals surface area contributed by atoms with E-state index >= 15 is 0 Å². The summed E-state index contributed by atoms with van der Waals surface area (Å²) in [5.74, 6) is 0. The van der Waals surface area contributed by atoms with Crippen LogP contribution in [0.4, 0.5) is 0 Å². The molecule has 3 aromatic heterocycles. The zero-order chi connectivity index (χ0) is 20.1. The summed E-state index contributed by atoms with van der Waals surface area (Å²) in [4.78, 5) is 20.1. The molecule has 6 heteroatoms. The molecule has 148 valence electrons. The first-order valence-electron chi connectivity index (χ1n) is 10.3. The second-order valence-electron chi connectivity index (χ2n) is 7.82. The molecule has 0 spiro atoms. The highest BCUT2D eigenvalue weighted by molar-refractivity contribution is 7.19. The monoisotopic (exact) mass is 412 g/mol. The van der Waals surface area contributed by atoms with E-state index in [9.17, 15) is 4.79 Å². The summed E-state index contributed by atoms with van der Waals surface area (Å²) < 4.78 is 3.33. The Kier molecular flexibility index (Phi) is 4.06. The first-order chi connectivity index (χ1) is 14.8. The predicted octanol–water partition coefficient (Wildman–Crippen LogP) is 4.70. The van der Waals surface area contributed by atoms with E-state index in [4.69, 9.17) is 0 Å². The fraction of sp³-hybridized carbons (Fsp3) is 0.208. The second-order valence-corrected chi connectivity index (χ2v) is 8.90. The number of nitrogens with zero attached hydrogens (tertiary/aromatic N) is 4. The summed E-state index contributed by atoms with van der Waals surface area (Å²) >= 11 is 1.76. The summed E-state index contributed by atoms with van der Waals surface area (Å²) in [5.41, 5.74) is 5.41. The molecule has 2 aromatic carbocycles. The molecule has 0 bridgehead atoms. The first-order valence-corrected chi connectivity index (χ1v) is 11.1. The van der Waals surface area contributed by atoms with Crippen LogP contribution in [0, 0.1) is 0 Å². The van der Waals surface area contributed by atoms with Crippen molar-refractivity contribution >= 4 is 27.2 Å². The number of fused-ring (bicyclic) bond motifs is 5. The zero-order valence-electron chi connectivity index (χ0n) is 16.4. The molecule has 1 aliphatic carbocycles. The van der Waals surface area contributed by atoms with Gasteiger partial charge in [0.2, 0.25) is 0 Å². The summed E-state index contributed by atoms with van der Waals surface area (Å²) in [6.45, 7) is 0.527. The Morgan fingerprint density at radius 3 is 2.53 bits per heavy atom. The SMILES string of the molecule is O=c1n(Cc2ccc(-c3ccccc3)cc2)c2sc3c(c2c2ncnn12)CCCC3. The van der Waals surface area contributed by atoms with E-state index in [1.807, 2.05) is 22.8 Å². The van der Waals surface area contributed by atoms with Crippen molar-refractivity contribution in [1.29, 1.82) is 0 Å². The topological polar surface area (TPSA) is 52.2 Å². The van der Waals surface area contributed by atoms with Crippen LogP contribution in [0.25, 0.3) is 27.0 Å². The Bertz CT molecular complexity index is 1430. The Hall–Kier alpha value is -3.25. The van der Waals surface area contributed by atoms with Gasteiger partial charge in [0.1, 0.15) is 11.2 Å². The maximum absolute atomic E-state index is 13.2. The van der Waals surface area contributed by atoms with Crippen LogP contribution >= 0.6 is 11.3 Å². The van der Waals surface area contributed by atoms with Crippen LogP contribution in [0.3, 0.4) is 0 Å². The molecule has 0 fully saturated rings. The summed E-state index contributed by atoms with van der Waals surface area (Å²) in [5, 5.41) is 5.35. The molecule has 1 aliphatic rings. The van der Waals surface area contributed by atoms with E-state index in [1.54, 1.807) is 11.3 Å². The summed E-state index contributed by atoms with van der Waals surface area (Å²) in [6, 6.07) is 18.8. The van der Waals surface area contributed by atoms with Crippen LogP contribution in [0.2, 0.25) is 0 Å². The van der Waals surface area contributed by atoms with Gasteiger partial charge in [0.25, 0.3) is 0 Å². The van der Waals surface area contributed by atoms with E-state index in [2.05, 4.69) is 46.5 Å². The van der Waals surface area contributed by atoms with Crippen molar-refractivity contribution in [2.75, 3.05) is 0 Å². The molecule has 0 amide bonds. The van der Waals surface area contributed by atoms with E-state index < -0.39 is 0 Å². The third kappa shape index (κ3) is 2.71. The van der Waals surface area contributed by atoms with Gasteiger partial charge in [-0.1, -0.05) is 54.6 Å². The molecule has 30 heavy (non-hydrogen) atoms. The van der Waals surface area contributed by atoms with Crippen LogP contribution in [-0.2, 0) is 19.4 Å². The van der Waals surface area contributed by atoms with Gasteiger partial charge in [-0.3, -0.25) is 4.57 Å². The van der Waals surface area contributed by atoms with Crippen LogP contribution in [0.1, 0.15) is 28.8 Å². The Morgan fingerprint density at radius 1 is 0.933 bits per heavy atom. The van der Waals surface area contributed by atoms with Gasteiger partial charge in [0, 0.05) is 4.88 Å². The molecule has 0 saturated heterocycles. The highest BCUT2D eigenvalue weighted by Crippen LogP contribution is 2.37. The maximum Gasteiger partial charge on any atom is 0.352 e. The van der Waals surface area contributed by atoms with Gasteiger partial charge in [0.15, 0.2) is 5.65 Å². The highest BCUT2D eigenvalue weighted by atomic mass is 32.1. The summed E-state index contributed by atoms with van der Waals surface area (Å²) in [6.07, 6.45) is 6.05. The minimum atomic E-state index is -0.124. The second kappa shape index (κ2) is 6.92. The van der Waals surface area contributed by atoms with E-state index in [-0.39, 0.29) is 5.69 Å². The van der Waals surface area contributed by atoms with Gasteiger partial charge in [-0.2, -0.15) is 9.61 Å². The third-order valence-electron chi connectivity index (χ3n) is 5.98. The lowest BCUT2D eigenvalue weighted by molar-refractivity contribution is 0.698. The third-order valence-corrected chi connectivity index (χ3v) is 7.30. The van der Waals surface area contributed by atoms with E-state index in [0.29, 0.717) is 12.2 Å². The number of hydrogen-bond donors (Lipinski definition) is 0. The lowest BCUT2D eigenvalue weighted by Gasteiger charge is -2.11. The van der Waals surface area contributed by atoms with Gasteiger partial charge in [-0.05, 0) is 47.9 Å². The molecule has 3 heterocycles. The number of aromatic nitrogens is 4. The molecule has 0 aliphatic heterocycles. The summed E-state index contributed by atoms with van der Waals surface area (Å²) in [7, 11) is 0. The van der Waals surface area contributed by atoms with E-state index in [1.165, 1.54) is 45.3 Å². The van der Waals surface area contributed by atoms with E-state index in [0.717, 1.165) is 28.6 Å². The molecule has 0 radical (unpaired) electrons. The highest BCUT2D eigenvalue weighted by Gasteiger charge is 2.23. The number of rotatable bonds is 3. The van der Waals surface area contributed by atoms with Gasteiger partial charge in [-0.25, -0.2) is 9.78 Å². The van der Waals surface area contributed by atoms with Crippen molar-refractivity contribution in [3.8, 4) is 11.1 Å². The number of hydrogen-bond acceptors (Lipinski definition) is 4. The molecular formula is C24H20N4OS. The molecule has 0 atom stereocenters. The van der Waals surface area contributed by atoms with Gasteiger partial charge >= 0.3 is 5.69 Å². The molecule has 0 unspecified atom stereocenters. The van der Waals surface area contributed by atoms with Crippen molar-refractivity contribution in [3.05, 3.63) is 87.4 Å². The smallest absolute Gasteiger partial charge is 0.278 e. The standard InChI is InChI=1S/C24H20N4OS/c29-24-27(14-16-10-12-18(13-11-16)17-6-2-1-3-7-17)23-21(22-25-15-26-28(22)24)19-8-4-5-9-20(19)30-23/h1-3,6-7,10-13,15H,4-5,8-9,14H2. The molecule has 0 N–H and O–H groups in total. The van der Waals surface area contributed by atoms with Crippen molar-refractivity contribution in [1.82, 2.24) is 19.2 Å². The Morgan fingerprint density at radius 2 is 1.70 bits per heavy atom. The molecule has 5 aromatic rings. The first kappa shape index (κ1) is 17.6. The van der Waals surface area contributed by atoms with Gasteiger partial charge in [-0.15, -0.1) is 11.3 Å². The number of aryl methyl sites for hydroxylation is 2. The lowest BCUT2D eigenvalue weighted by atomic mass is 9.97. The van der Waals surface area contributed by atoms with Crippen LogP contribution < -0.4 is 5.69 Å². The molecular weight excluding hydrogens is 392 g/mol. The average molecular weight is 413 g/mol. The van der Waals surface area contributed by atoms with Crippen molar-refractivity contribution < 1.29 is 0 Å². The quantitative estimate of drug-likeness (QED) is 0.432. The van der Waals surface area contributed by atoms with Crippen molar-refractivity contribution in [3.63, 3.8) is 0 Å².